The summed E-state index contributed by atoms with van der Waals surface area (Å²) in [6, 6.07) is 5.13. The first-order chi connectivity index (χ1) is 7.70. The maximum absolute atomic E-state index is 13.2. The van der Waals surface area contributed by atoms with Crippen molar-refractivity contribution in [3.63, 3.8) is 0 Å². The predicted molar refractivity (Wildman–Crippen MR) is 62.5 cm³/mol. The summed E-state index contributed by atoms with van der Waals surface area (Å²) in [5, 5.41) is 0. The molecule has 2 aliphatic rings. The Balaban J connectivity index is 2.00. The van der Waals surface area contributed by atoms with E-state index in [1.165, 1.54) is 31.2 Å². The van der Waals surface area contributed by atoms with Crippen LogP contribution < -0.4 is 5.73 Å². The van der Waals surface area contributed by atoms with Crippen molar-refractivity contribution in [1.82, 2.24) is 0 Å². The molecule has 0 bridgehead atoms. The third-order valence-electron chi connectivity index (χ3n) is 4.46. The summed E-state index contributed by atoms with van der Waals surface area (Å²) in [5.74, 6) is 0.480. The lowest BCUT2D eigenvalue weighted by Gasteiger charge is -2.32. The van der Waals surface area contributed by atoms with Gasteiger partial charge in [0.25, 0.3) is 0 Å². The van der Waals surface area contributed by atoms with Gasteiger partial charge in [-0.05, 0) is 54.9 Å². The quantitative estimate of drug-likeness (QED) is 0.771. The van der Waals surface area contributed by atoms with Gasteiger partial charge in [0.05, 0.1) is 0 Å². The number of aryl methyl sites for hydroxylation is 1. The van der Waals surface area contributed by atoms with Crippen LogP contribution in [0.15, 0.2) is 18.2 Å². The van der Waals surface area contributed by atoms with E-state index in [9.17, 15) is 4.39 Å². The van der Waals surface area contributed by atoms with E-state index in [4.69, 9.17) is 5.73 Å². The van der Waals surface area contributed by atoms with Crippen LogP contribution >= 0.6 is 0 Å². The minimum absolute atomic E-state index is 0.130. The average Bonchev–Trinajstić information content (AvgIpc) is 2.87. The maximum atomic E-state index is 13.2. The van der Waals surface area contributed by atoms with Gasteiger partial charge in [0, 0.05) is 5.54 Å². The molecule has 0 aromatic heterocycles. The van der Waals surface area contributed by atoms with Gasteiger partial charge in [-0.3, -0.25) is 0 Å². The lowest BCUT2D eigenvalue weighted by molar-refractivity contribution is 0.278. The highest BCUT2D eigenvalue weighted by Crippen LogP contribution is 2.46. The summed E-state index contributed by atoms with van der Waals surface area (Å²) >= 11 is 0. The lowest BCUT2D eigenvalue weighted by Crippen LogP contribution is -2.41. The molecule has 0 saturated heterocycles. The first kappa shape index (κ1) is 10.3. The fourth-order valence-corrected chi connectivity index (χ4v) is 3.56. The van der Waals surface area contributed by atoms with Crippen molar-refractivity contribution >= 4 is 0 Å². The Kier molecular flexibility index (Phi) is 2.28. The Hall–Kier alpha value is -0.890. The van der Waals surface area contributed by atoms with E-state index in [-0.39, 0.29) is 11.4 Å². The number of rotatable bonds is 1. The summed E-state index contributed by atoms with van der Waals surface area (Å²) in [6.45, 7) is 0. The molecular formula is C14H18FN. The number of nitrogens with two attached hydrogens (primary N) is 1. The second-order valence-corrected chi connectivity index (χ2v) is 5.32. The molecule has 0 spiro atoms. The van der Waals surface area contributed by atoms with Gasteiger partial charge in [0.1, 0.15) is 5.82 Å². The fraction of sp³-hybridized carbons (Fsp3) is 0.571. The highest BCUT2D eigenvalue weighted by atomic mass is 19.1. The Bertz CT molecular complexity index is 409. The van der Waals surface area contributed by atoms with E-state index in [2.05, 4.69) is 0 Å². The number of hydrogen-bond donors (Lipinski definition) is 1. The van der Waals surface area contributed by atoms with E-state index in [1.54, 1.807) is 12.1 Å². The maximum Gasteiger partial charge on any atom is 0.123 e. The van der Waals surface area contributed by atoms with Crippen LogP contribution in [0.4, 0.5) is 4.39 Å². The molecule has 16 heavy (non-hydrogen) atoms. The summed E-state index contributed by atoms with van der Waals surface area (Å²) in [6.07, 6.45) is 7.04. The number of hydrogen-bond acceptors (Lipinski definition) is 1. The minimum atomic E-state index is -0.167. The van der Waals surface area contributed by atoms with Crippen molar-refractivity contribution in [2.75, 3.05) is 0 Å². The average molecular weight is 219 g/mol. The van der Waals surface area contributed by atoms with Gasteiger partial charge in [-0.1, -0.05) is 18.9 Å². The largest absolute Gasteiger partial charge is 0.321 e. The third-order valence-corrected chi connectivity index (χ3v) is 4.46. The van der Waals surface area contributed by atoms with Crippen LogP contribution in [0.25, 0.3) is 0 Å². The molecule has 0 heterocycles. The Labute approximate surface area is 95.8 Å². The van der Waals surface area contributed by atoms with Crippen LogP contribution in [0.3, 0.4) is 0 Å². The second kappa shape index (κ2) is 3.56. The summed E-state index contributed by atoms with van der Waals surface area (Å²) in [7, 11) is 0. The molecule has 2 N–H and O–H groups in total. The Morgan fingerprint density at radius 3 is 2.75 bits per heavy atom. The Morgan fingerprint density at radius 1 is 1.25 bits per heavy atom. The molecule has 0 radical (unpaired) electrons. The Morgan fingerprint density at radius 2 is 2.00 bits per heavy atom. The number of halogens is 1. The molecule has 1 nitrogen and oxygen atoms in total. The van der Waals surface area contributed by atoms with Crippen LogP contribution in [-0.4, -0.2) is 0 Å². The van der Waals surface area contributed by atoms with Crippen molar-refractivity contribution in [1.29, 1.82) is 0 Å². The first-order valence-electron chi connectivity index (χ1n) is 6.28. The van der Waals surface area contributed by atoms with Crippen LogP contribution in [0, 0.1) is 11.7 Å². The van der Waals surface area contributed by atoms with E-state index in [0.29, 0.717) is 5.92 Å². The van der Waals surface area contributed by atoms with Crippen LogP contribution in [0.2, 0.25) is 0 Å². The summed E-state index contributed by atoms with van der Waals surface area (Å²) in [4.78, 5) is 0. The standard InChI is InChI=1S/C14H18FN/c15-12-5-6-13-10(9-12)7-8-14(13,16)11-3-1-2-4-11/h5-6,9,11H,1-4,7-8,16H2. The normalized spacial score (nSPS) is 29.6. The molecule has 1 saturated carbocycles. The number of benzene rings is 1. The fourth-order valence-electron chi connectivity index (χ4n) is 3.56. The molecule has 1 atom stereocenters. The van der Waals surface area contributed by atoms with Gasteiger partial charge in [-0.2, -0.15) is 0 Å². The van der Waals surface area contributed by atoms with Crippen molar-refractivity contribution in [2.24, 2.45) is 11.7 Å². The second-order valence-electron chi connectivity index (χ2n) is 5.32. The molecule has 2 heteroatoms. The van der Waals surface area contributed by atoms with Crippen LogP contribution in [-0.2, 0) is 12.0 Å². The van der Waals surface area contributed by atoms with Gasteiger partial charge in [-0.15, -0.1) is 0 Å². The third kappa shape index (κ3) is 1.40. The number of fused-ring (bicyclic) bond motifs is 1. The molecule has 1 fully saturated rings. The van der Waals surface area contributed by atoms with Crippen molar-refractivity contribution in [3.05, 3.63) is 35.1 Å². The van der Waals surface area contributed by atoms with E-state index in [0.717, 1.165) is 18.4 Å². The van der Waals surface area contributed by atoms with Crippen LogP contribution in [0.5, 0.6) is 0 Å². The molecule has 2 aliphatic carbocycles. The smallest absolute Gasteiger partial charge is 0.123 e. The van der Waals surface area contributed by atoms with Crippen molar-refractivity contribution < 1.29 is 4.39 Å². The topological polar surface area (TPSA) is 26.0 Å². The van der Waals surface area contributed by atoms with Crippen molar-refractivity contribution in [2.45, 2.75) is 44.1 Å². The van der Waals surface area contributed by atoms with Crippen molar-refractivity contribution in [3.8, 4) is 0 Å². The molecule has 1 aromatic carbocycles. The zero-order chi connectivity index (χ0) is 11.2. The van der Waals surface area contributed by atoms with Gasteiger partial charge < -0.3 is 5.73 Å². The zero-order valence-corrected chi connectivity index (χ0v) is 9.51. The molecule has 1 aromatic rings. The highest BCUT2D eigenvalue weighted by molar-refractivity contribution is 5.39. The monoisotopic (exact) mass is 219 g/mol. The summed E-state index contributed by atoms with van der Waals surface area (Å²) < 4.78 is 13.2. The minimum Gasteiger partial charge on any atom is -0.321 e. The van der Waals surface area contributed by atoms with Gasteiger partial charge in [0.2, 0.25) is 0 Å². The molecule has 3 rings (SSSR count). The predicted octanol–water partition coefficient (Wildman–Crippen LogP) is 3.12. The molecule has 86 valence electrons. The SMILES string of the molecule is NC1(C2CCCC2)CCc2cc(F)ccc21. The molecule has 1 unspecified atom stereocenters. The summed E-state index contributed by atoms with van der Waals surface area (Å²) in [5.41, 5.74) is 8.78. The van der Waals surface area contributed by atoms with Gasteiger partial charge in [-0.25, -0.2) is 4.39 Å². The molecular weight excluding hydrogens is 201 g/mol. The zero-order valence-electron chi connectivity index (χ0n) is 9.51. The first-order valence-corrected chi connectivity index (χ1v) is 6.28. The van der Waals surface area contributed by atoms with Gasteiger partial charge in [0.15, 0.2) is 0 Å². The van der Waals surface area contributed by atoms with E-state index < -0.39 is 0 Å². The lowest BCUT2D eigenvalue weighted by atomic mass is 9.79. The van der Waals surface area contributed by atoms with E-state index >= 15 is 0 Å². The van der Waals surface area contributed by atoms with Gasteiger partial charge >= 0.3 is 0 Å². The molecule has 0 amide bonds. The van der Waals surface area contributed by atoms with E-state index in [1.807, 2.05) is 6.07 Å². The highest BCUT2D eigenvalue weighted by Gasteiger charge is 2.42. The molecule has 0 aliphatic heterocycles. The van der Waals surface area contributed by atoms with Crippen LogP contribution in [0.1, 0.15) is 43.2 Å².